The van der Waals surface area contributed by atoms with Crippen molar-refractivity contribution in [3.05, 3.63) is 77.1 Å². The first-order valence-corrected chi connectivity index (χ1v) is 11.8. The fraction of sp³-hybridized carbons (Fsp3) is 0.269. The minimum Gasteiger partial charge on any atom is -0.465 e. The summed E-state index contributed by atoms with van der Waals surface area (Å²) in [5, 5.41) is 26.6. The predicted octanol–water partition coefficient (Wildman–Crippen LogP) is 4.20. The highest BCUT2D eigenvalue weighted by Crippen LogP contribution is 2.35. The number of hydrogen-bond donors (Lipinski definition) is 3. The Kier molecular flexibility index (Phi) is 7.38. The van der Waals surface area contributed by atoms with Crippen molar-refractivity contribution in [3.63, 3.8) is 0 Å². The second-order valence-corrected chi connectivity index (χ2v) is 8.85. The second-order valence-electron chi connectivity index (χ2n) is 8.85. The summed E-state index contributed by atoms with van der Waals surface area (Å²) < 4.78 is 30.6. The number of nitrogens with zero attached hydrogens (tertiary/aromatic N) is 4. The lowest BCUT2D eigenvalue weighted by molar-refractivity contribution is -0.0150. The number of hydrogen-bond acceptors (Lipinski definition) is 5. The van der Waals surface area contributed by atoms with Crippen LogP contribution in [0.4, 0.5) is 25.0 Å². The van der Waals surface area contributed by atoms with Crippen LogP contribution in [0.3, 0.4) is 0 Å². The summed E-state index contributed by atoms with van der Waals surface area (Å²) in [4.78, 5) is 38.4. The quantitative estimate of drug-likeness (QED) is 0.379. The Morgan fingerprint density at radius 1 is 1.24 bits per heavy atom. The molecular formula is C26H24F2N6O4. The number of nitrogens with one attached hydrogen (secondary N) is 2. The summed E-state index contributed by atoms with van der Waals surface area (Å²) in [5.74, 6) is -4.25. The van der Waals surface area contributed by atoms with Crippen molar-refractivity contribution in [1.82, 2.24) is 15.1 Å². The maximum atomic E-state index is 14.6. The lowest BCUT2D eigenvalue weighted by Gasteiger charge is -2.34. The Balaban J connectivity index is 1.52. The molecule has 12 heteroatoms. The second kappa shape index (κ2) is 10.7. The first kappa shape index (κ1) is 26.3. The Labute approximate surface area is 216 Å². The van der Waals surface area contributed by atoms with E-state index in [1.807, 2.05) is 6.07 Å². The van der Waals surface area contributed by atoms with E-state index in [1.54, 1.807) is 25.1 Å². The first-order chi connectivity index (χ1) is 18.1. The minimum atomic E-state index is -3.18. The van der Waals surface area contributed by atoms with E-state index in [0.717, 1.165) is 0 Å². The number of fused-ring (bicyclic) bond motifs is 1. The third-order valence-corrected chi connectivity index (χ3v) is 6.14. The predicted molar refractivity (Wildman–Crippen MR) is 133 cm³/mol. The fourth-order valence-electron chi connectivity index (χ4n) is 4.31. The van der Waals surface area contributed by atoms with E-state index >= 15 is 0 Å². The molecule has 0 bridgehead atoms. The monoisotopic (exact) mass is 522 g/mol. The molecule has 3 aromatic rings. The van der Waals surface area contributed by atoms with Crippen molar-refractivity contribution in [1.29, 1.82) is 5.26 Å². The molecule has 3 amide bonds. The number of anilines is 2. The summed E-state index contributed by atoms with van der Waals surface area (Å²) in [6.07, 6.45) is -0.553. The molecule has 0 saturated carbocycles. The van der Waals surface area contributed by atoms with Gasteiger partial charge in [0.05, 0.1) is 36.0 Å². The molecule has 1 aromatic heterocycles. The fourth-order valence-corrected chi connectivity index (χ4v) is 4.31. The molecule has 1 atom stereocenters. The molecule has 1 aliphatic rings. The maximum absolute atomic E-state index is 14.6. The van der Waals surface area contributed by atoms with Crippen molar-refractivity contribution >= 4 is 29.3 Å². The van der Waals surface area contributed by atoms with Gasteiger partial charge in [-0.3, -0.25) is 14.3 Å². The smallest absolute Gasteiger partial charge is 0.404 e. The van der Waals surface area contributed by atoms with Crippen LogP contribution >= 0.6 is 0 Å². The van der Waals surface area contributed by atoms with Gasteiger partial charge in [0.2, 0.25) is 0 Å². The van der Waals surface area contributed by atoms with Crippen LogP contribution in [-0.4, -0.2) is 45.4 Å². The van der Waals surface area contributed by atoms with Crippen LogP contribution in [-0.2, 0) is 12.5 Å². The number of carbonyl (C=O) groups excluding carboxylic acids is 2. The molecule has 0 radical (unpaired) electrons. The van der Waals surface area contributed by atoms with Gasteiger partial charge < -0.3 is 20.6 Å². The topological polar surface area (TPSA) is 140 Å². The molecule has 0 aliphatic carbocycles. The molecule has 3 N–H and O–H groups in total. The molecule has 38 heavy (non-hydrogen) atoms. The molecule has 2 heterocycles. The Hall–Kier alpha value is -4.79. The molecule has 0 saturated heterocycles. The number of carboxylic acid groups (broad SMARTS) is 1. The summed E-state index contributed by atoms with van der Waals surface area (Å²) >= 11 is 0. The molecule has 2 aromatic carbocycles. The van der Waals surface area contributed by atoms with Gasteiger partial charge in [-0.25, -0.2) is 13.6 Å². The summed E-state index contributed by atoms with van der Waals surface area (Å²) in [6, 6.07) is 13.3. The van der Waals surface area contributed by atoms with Gasteiger partial charge in [0.1, 0.15) is 5.69 Å². The highest BCUT2D eigenvalue weighted by Gasteiger charge is 2.36. The lowest BCUT2D eigenvalue weighted by atomic mass is 10.0. The van der Waals surface area contributed by atoms with Gasteiger partial charge in [-0.05, 0) is 43.7 Å². The third-order valence-electron chi connectivity index (χ3n) is 6.14. The van der Waals surface area contributed by atoms with Crippen LogP contribution in [0.15, 0.2) is 54.7 Å². The zero-order valence-corrected chi connectivity index (χ0v) is 20.3. The van der Waals surface area contributed by atoms with E-state index in [4.69, 9.17) is 10.4 Å². The summed E-state index contributed by atoms with van der Waals surface area (Å²) in [6.45, 7) is 1.98. The minimum absolute atomic E-state index is 0.0433. The Bertz CT molecular complexity index is 1410. The van der Waals surface area contributed by atoms with Crippen LogP contribution in [0.5, 0.6) is 0 Å². The number of rotatable bonds is 8. The van der Waals surface area contributed by atoms with Crippen LogP contribution in [0.2, 0.25) is 0 Å². The summed E-state index contributed by atoms with van der Waals surface area (Å²) in [5.41, 5.74) is 0.998. The number of nitriles is 1. The van der Waals surface area contributed by atoms with Gasteiger partial charge in [-0.2, -0.15) is 10.4 Å². The van der Waals surface area contributed by atoms with E-state index in [9.17, 15) is 23.2 Å². The number of amides is 3. The van der Waals surface area contributed by atoms with E-state index in [1.165, 1.54) is 46.1 Å². The third kappa shape index (κ3) is 5.46. The van der Waals surface area contributed by atoms with Gasteiger partial charge in [0.25, 0.3) is 17.7 Å². The number of alkyl halides is 2. The molecule has 1 unspecified atom stereocenters. The maximum Gasteiger partial charge on any atom is 0.404 e. The molecule has 10 nitrogen and oxygen atoms in total. The standard InChI is InChI=1S/C26H24F2N6O4/c1-16-15-33-22(21(14-31-33)23(35)32-19-5-2-4-17(12-19)13-29)24(36)34(16)20-8-6-18(7-9-20)26(27,28)10-3-11-30-25(37)38/h2,4-9,12,14,16,30H,3,10-11,15H2,1H3,(H,32,35)(H,37,38). The highest BCUT2D eigenvalue weighted by atomic mass is 19.3. The van der Waals surface area contributed by atoms with Crippen molar-refractivity contribution in [2.45, 2.75) is 38.3 Å². The Morgan fingerprint density at radius 2 is 1.97 bits per heavy atom. The lowest BCUT2D eigenvalue weighted by Crippen LogP contribution is -2.47. The molecule has 0 spiro atoms. The zero-order chi connectivity index (χ0) is 27.4. The van der Waals surface area contributed by atoms with Gasteiger partial charge in [-0.1, -0.05) is 18.2 Å². The van der Waals surface area contributed by atoms with Crippen molar-refractivity contribution in [2.75, 3.05) is 16.8 Å². The molecule has 196 valence electrons. The normalized spacial score (nSPS) is 14.9. The average Bonchev–Trinajstić information content (AvgIpc) is 3.31. The summed E-state index contributed by atoms with van der Waals surface area (Å²) in [7, 11) is 0. The van der Waals surface area contributed by atoms with E-state index in [-0.39, 0.29) is 42.4 Å². The van der Waals surface area contributed by atoms with E-state index in [2.05, 4.69) is 15.7 Å². The first-order valence-electron chi connectivity index (χ1n) is 11.8. The number of carbonyl (C=O) groups is 3. The van der Waals surface area contributed by atoms with Gasteiger partial charge in [-0.15, -0.1) is 0 Å². The average molecular weight is 523 g/mol. The number of aromatic nitrogens is 2. The van der Waals surface area contributed by atoms with Crippen molar-refractivity contribution in [2.24, 2.45) is 0 Å². The van der Waals surface area contributed by atoms with E-state index in [0.29, 0.717) is 16.9 Å². The van der Waals surface area contributed by atoms with Crippen LogP contribution in [0.1, 0.15) is 51.7 Å². The zero-order valence-electron chi connectivity index (χ0n) is 20.3. The largest absolute Gasteiger partial charge is 0.465 e. The van der Waals surface area contributed by atoms with Crippen molar-refractivity contribution in [3.8, 4) is 6.07 Å². The molecule has 1 aliphatic heterocycles. The number of benzene rings is 2. The van der Waals surface area contributed by atoms with Crippen LogP contribution in [0.25, 0.3) is 0 Å². The van der Waals surface area contributed by atoms with Crippen molar-refractivity contribution < 1.29 is 28.3 Å². The van der Waals surface area contributed by atoms with Crippen LogP contribution in [0, 0.1) is 11.3 Å². The highest BCUT2D eigenvalue weighted by molar-refractivity contribution is 6.15. The molecule has 4 rings (SSSR count). The molecular weight excluding hydrogens is 498 g/mol. The van der Waals surface area contributed by atoms with Gasteiger partial charge >= 0.3 is 6.09 Å². The molecule has 0 fully saturated rings. The SMILES string of the molecule is CC1Cn2ncc(C(=O)Nc3cccc(C#N)c3)c2C(=O)N1c1ccc(C(F)(F)CCCNC(=O)O)cc1. The van der Waals surface area contributed by atoms with Crippen LogP contribution < -0.4 is 15.5 Å². The van der Waals surface area contributed by atoms with Gasteiger partial charge in [0.15, 0.2) is 0 Å². The number of halogens is 2. The Morgan fingerprint density at radius 3 is 2.66 bits per heavy atom. The van der Waals surface area contributed by atoms with Gasteiger partial charge in [0, 0.05) is 29.9 Å². The van der Waals surface area contributed by atoms with E-state index < -0.39 is 30.3 Å².